The molecule has 0 bridgehead atoms. The van der Waals surface area contributed by atoms with Crippen LogP contribution in [0.3, 0.4) is 0 Å². The number of rotatable bonds is 8. The van der Waals surface area contributed by atoms with Crippen LogP contribution in [0.5, 0.6) is 11.5 Å². The molecule has 186 valence electrons. The van der Waals surface area contributed by atoms with E-state index in [1.807, 2.05) is 6.92 Å². The van der Waals surface area contributed by atoms with Gasteiger partial charge in [0.25, 0.3) is 11.8 Å². The predicted molar refractivity (Wildman–Crippen MR) is 134 cm³/mol. The number of carbonyl (C=O) groups is 2. The number of nitrogens with zero attached hydrogens (tertiary/aromatic N) is 1. The molecule has 0 saturated carbocycles. The van der Waals surface area contributed by atoms with Crippen molar-refractivity contribution in [3.63, 3.8) is 0 Å². The minimum Gasteiger partial charge on any atom is -0.493 e. The molecule has 1 fully saturated rings. The number of ether oxygens (including phenoxy) is 2. The molecular weight excluding hydrogens is 525 g/mol. The highest BCUT2D eigenvalue weighted by atomic mass is 35.5. The van der Waals surface area contributed by atoms with Crippen LogP contribution in [0, 0.1) is 0 Å². The van der Waals surface area contributed by atoms with Crippen LogP contribution in [0.4, 0.5) is 18.9 Å². The van der Waals surface area contributed by atoms with Crippen LogP contribution >= 0.6 is 35.6 Å². The van der Waals surface area contributed by atoms with Crippen LogP contribution in [0.15, 0.2) is 41.3 Å². The Balaban J connectivity index is 1.72. The van der Waals surface area contributed by atoms with Gasteiger partial charge in [0.2, 0.25) is 0 Å². The van der Waals surface area contributed by atoms with Crippen molar-refractivity contribution >= 4 is 63.5 Å². The van der Waals surface area contributed by atoms with Crippen LogP contribution in [0.2, 0.25) is 5.02 Å². The Labute approximate surface area is 214 Å². The number of nitrogens with one attached hydrogen (secondary N) is 1. The van der Waals surface area contributed by atoms with Gasteiger partial charge < -0.3 is 14.8 Å². The van der Waals surface area contributed by atoms with Crippen LogP contribution in [0.1, 0.15) is 24.5 Å². The Hall–Kier alpha value is -2.76. The van der Waals surface area contributed by atoms with E-state index in [-0.39, 0.29) is 28.1 Å². The maximum Gasteiger partial charge on any atom is 0.416 e. The van der Waals surface area contributed by atoms with Gasteiger partial charge in [0.1, 0.15) is 4.32 Å². The summed E-state index contributed by atoms with van der Waals surface area (Å²) < 4.78 is 49.9. The van der Waals surface area contributed by atoms with Crippen LogP contribution in [-0.2, 0) is 15.8 Å². The average Bonchev–Trinajstić information content (AvgIpc) is 3.05. The molecule has 12 heteroatoms. The zero-order chi connectivity index (χ0) is 25.8. The van der Waals surface area contributed by atoms with Crippen LogP contribution in [0.25, 0.3) is 6.08 Å². The van der Waals surface area contributed by atoms with E-state index >= 15 is 0 Å². The van der Waals surface area contributed by atoms with Crippen molar-refractivity contribution in [1.29, 1.82) is 0 Å². The lowest BCUT2D eigenvalue weighted by molar-refractivity contribution is -0.137. The molecule has 2 aromatic rings. The van der Waals surface area contributed by atoms with Gasteiger partial charge in [0.15, 0.2) is 18.1 Å². The lowest BCUT2D eigenvalue weighted by Gasteiger charge is -2.14. The summed E-state index contributed by atoms with van der Waals surface area (Å²) in [5, 5.41) is 2.47. The van der Waals surface area contributed by atoms with E-state index in [0.29, 0.717) is 21.3 Å². The van der Waals surface area contributed by atoms with E-state index in [9.17, 15) is 22.8 Å². The molecule has 0 aromatic heterocycles. The molecule has 1 aliphatic heterocycles. The van der Waals surface area contributed by atoms with Crippen molar-refractivity contribution < 1.29 is 32.2 Å². The lowest BCUT2D eigenvalue weighted by atomic mass is 10.1. The van der Waals surface area contributed by atoms with E-state index in [2.05, 4.69) is 5.32 Å². The minimum atomic E-state index is -4.53. The number of thiocarbonyl (C=S) groups is 1. The molecule has 35 heavy (non-hydrogen) atoms. The fourth-order valence-corrected chi connectivity index (χ4v) is 4.72. The molecule has 0 aliphatic carbocycles. The van der Waals surface area contributed by atoms with Gasteiger partial charge in [0, 0.05) is 12.2 Å². The maximum atomic E-state index is 12.9. The molecule has 0 radical (unpaired) electrons. The fraction of sp³-hybridized carbons (Fsp3) is 0.261. The molecule has 0 unspecified atom stereocenters. The summed E-state index contributed by atoms with van der Waals surface area (Å²) in [5.74, 6) is -0.599. The highest BCUT2D eigenvalue weighted by Crippen LogP contribution is 2.39. The van der Waals surface area contributed by atoms with Gasteiger partial charge in [-0.15, -0.1) is 0 Å². The van der Waals surface area contributed by atoms with Gasteiger partial charge in [0.05, 0.1) is 22.6 Å². The number of methoxy groups -OCH3 is 1. The van der Waals surface area contributed by atoms with Gasteiger partial charge in [-0.25, -0.2) is 0 Å². The summed E-state index contributed by atoms with van der Waals surface area (Å²) in [6.07, 6.45) is -2.13. The third-order valence-electron chi connectivity index (χ3n) is 4.69. The van der Waals surface area contributed by atoms with Gasteiger partial charge >= 0.3 is 6.18 Å². The first kappa shape index (κ1) is 26.8. The number of hydrogen-bond donors (Lipinski definition) is 1. The van der Waals surface area contributed by atoms with Crippen molar-refractivity contribution in [2.75, 3.05) is 25.6 Å². The van der Waals surface area contributed by atoms with Crippen LogP contribution < -0.4 is 14.8 Å². The van der Waals surface area contributed by atoms with E-state index in [4.69, 9.17) is 33.3 Å². The molecule has 0 atom stereocenters. The van der Waals surface area contributed by atoms with E-state index in [1.165, 1.54) is 42.0 Å². The number of amides is 2. The second-order valence-corrected chi connectivity index (χ2v) is 9.37. The van der Waals surface area contributed by atoms with E-state index < -0.39 is 24.3 Å². The molecule has 1 aliphatic rings. The molecular formula is C23H20ClF3N2O4S2. The van der Waals surface area contributed by atoms with Crippen molar-refractivity contribution in [2.45, 2.75) is 19.5 Å². The summed E-state index contributed by atoms with van der Waals surface area (Å²) in [6.45, 7) is 1.95. The summed E-state index contributed by atoms with van der Waals surface area (Å²) >= 11 is 12.8. The van der Waals surface area contributed by atoms with E-state index in [1.54, 1.807) is 12.1 Å². The molecule has 1 saturated heterocycles. The highest BCUT2D eigenvalue weighted by Gasteiger charge is 2.32. The van der Waals surface area contributed by atoms with E-state index in [0.717, 1.165) is 18.6 Å². The summed E-state index contributed by atoms with van der Waals surface area (Å²) in [6, 6.07) is 7.37. The number of thioether (sulfide) groups is 1. The summed E-state index contributed by atoms with van der Waals surface area (Å²) in [7, 11) is 1.38. The first-order valence-electron chi connectivity index (χ1n) is 10.3. The van der Waals surface area contributed by atoms with Crippen LogP contribution in [-0.4, -0.2) is 41.3 Å². The van der Waals surface area contributed by atoms with Crippen molar-refractivity contribution in [3.05, 3.63) is 57.5 Å². The SMILES string of the molecule is CCCN1C(=O)/C(=C/c2cc(Cl)c(OCC(=O)Nc3cccc(C(F)(F)F)c3)c(OC)c2)SC1=S. The van der Waals surface area contributed by atoms with Gasteiger partial charge in [-0.3, -0.25) is 14.5 Å². The standard InChI is InChI=1S/C23H20ClF3N2O4S2/c1-3-7-29-21(31)18(35-22(29)34)10-13-8-16(24)20(17(9-13)32-2)33-12-19(30)28-15-6-4-5-14(11-15)23(25,26)27/h4-6,8-11H,3,7,12H2,1-2H3,(H,28,30)/b18-10-. The molecule has 3 rings (SSSR count). The molecule has 2 aromatic carbocycles. The zero-order valence-corrected chi connectivity index (χ0v) is 21.0. The first-order chi connectivity index (χ1) is 16.5. The van der Waals surface area contributed by atoms with Crippen molar-refractivity contribution in [1.82, 2.24) is 4.90 Å². The molecule has 2 amide bonds. The Morgan fingerprint density at radius 1 is 1.29 bits per heavy atom. The zero-order valence-electron chi connectivity index (χ0n) is 18.6. The van der Waals surface area contributed by atoms with Gasteiger partial charge in [-0.2, -0.15) is 13.2 Å². The molecule has 1 N–H and O–H groups in total. The van der Waals surface area contributed by atoms with Gasteiger partial charge in [-0.1, -0.05) is 48.6 Å². The fourth-order valence-electron chi connectivity index (χ4n) is 3.14. The quantitative estimate of drug-likeness (QED) is 0.325. The maximum absolute atomic E-state index is 12.9. The monoisotopic (exact) mass is 544 g/mol. The number of alkyl halides is 3. The second-order valence-electron chi connectivity index (χ2n) is 7.28. The number of halogens is 4. The number of hydrogen-bond acceptors (Lipinski definition) is 6. The number of benzene rings is 2. The smallest absolute Gasteiger partial charge is 0.416 e. The molecule has 1 heterocycles. The number of anilines is 1. The normalized spacial score (nSPS) is 15.0. The highest BCUT2D eigenvalue weighted by molar-refractivity contribution is 8.26. The minimum absolute atomic E-state index is 0.0257. The first-order valence-corrected chi connectivity index (χ1v) is 11.9. The Morgan fingerprint density at radius 2 is 2.03 bits per heavy atom. The topological polar surface area (TPSA) is 67.9 Å². The van der Waals surface area contributed by atoms with Gasteiger partial charge in [-0.05, 0) is 48.4 Å². The largest absolute Gasteiger partial charge is 0.493 e. The second kappa shape index (κ2) is 11.3. The third kappa shape index (κ3) is 6.68. The lowest BCUT2D eigenvalue weighted by Crippen LogP contribution is -2.28. The summed E-state index contributed by atoms with van der Waals surface area (Å²) in [5.41, 5.74) is -0.352. The molecule has 6 nitrogen and oxygen atoms in total. The Morgan fingerprint density at radius 3 is 2.69 bits per heavy atom. The Bertz CT molecular complexity index is 1190. The average molecular weight is 545 g/mol. The number of carbonyl (C=O) groups excluding carboxylic acids is 2. The Kier molecular flexibility index (Phi) is 8.68. The van der Waals surface area contributed by atoms with Crippen molar-refractivity contribution in [3.8, 4) is 11.5 Å². The molecule has 0 spiro atoms. The van der Waals surface area contributed by atoms with Crippen molar-refractivity contribution in [2.24, 2.45) is 0 Å². The summed E-state index contributed by atoms with van der Waals surface area (Å²) in [4.78, 5) is 26.8. The third-order valence-corrected chi connectivity index (χ3v) is 6.35. The predicted octanol–water partition coefficient (Wildman–Crippen LogP) is 6.00.